The lowest BCUT2D eigenvalue weighted by Crippen LogP contribution is -2.08. The highest BCUT2D eigenvalue weighted by Gasteiger charge is 2.19. The van der Waals surface area contributed by atoms with Crippen molar-refractivity contribution in [3.05, 3.63) is 106 Å². The summed E-state index contributed by atoms with van der Waals surface area (Å²) in [5.41, 5.74) is 1.56. The molecule has 0 N–H and O–H groups in total. The number of hydrogen-bond donors (Lipinski definition) is 0. The van der Waals surface area contributed by atoms with Crippen molar-refractivity contribution in [2.45, 2.75) is 0 Å². The summed E-state index contributed by atoms with van der Waals surface area (Å²) in [5, 5.41) is 3.46. The molecular formula is C26H16ClNO2S. The molecular weight excluding hydrogens is 426 g/mol. The van der Waals surface area contributed by atoms with Gasteiger partial charge >= 0.3 is 5.97 Å². The third-order valence-electron chi connectivity index (χ3n) is 4.95. The second kappa shape index (κ2) is 8.34. The van der Waals surface area contributed by atoms with Crippen molar-refractivity contribution in [3.8, 4) is 5.75 Å². The van der Waals surface area contributed by atoms with E-state index in [1.54, 1.807) is 12.3 Å². The minimum absolute atomic E-state index is 0.392. The van der Waals surface area contributed by atoms with Gasteiger partial charge in [-0.3, -0.25) is 4.99 Å². The molecule has 0 aliphatic heterocycles. The topological polar surface area (TPSA) is 38.7 Å². The lowest BCUT2D eigenvalue weighted by atomic mass is 10.1. The predicted octanol–water partition coefficient (Wildman–Crippen LogP) is 7.68. The Kier molecular flexibility index (Phi) is 5.24. The molecule has 0 bridgehead atoms. The van der Waals surface area contributed by atoms with Crippen molar-refractivity contribution in [2.24, 2.45) is 4.99 Å². The molecule has 5 rings (SSSR count). The van der Waals surface area contributed by atoms with Gasteiger partial charge in [0.05, 0.1) is 10.7 Å². The van der Waals surface area contributed by atoms with Crippen molar-refractivity contribution in [1.82, 2.24) is 0 Å². The Morgan fingerprint density at radius 2 is 1.55 bits per heavy atom. The van der Waals surface area contributed by atoms with Crippen LogP contribution in [-0.4, -0.2) is 12.2 Å². The minimum atomic E-state index is -0.475. The Morgan fingerprint density at radius 3 is 2.42 bits per heavy atom. The average Bonchev–Trinajstić information content (AvgIpc) is 3.15. The van der Waals surface area contributed by atoms with Crippen LogP contribution < -0.4 is 4.74 Å². The summed E-state index contributed by atoms with van der Waals surface area (Å²) in [6.45, 7) is 0. The standard InChI is InChI=1S/C26H16ClNO2S/c27-24-20-12-4-6-15-23(20)31-25(24)26(29)30-22-14-5-2-9-18(22)16-28-21-13-7-10-17-8-1-3-11-19(17)21/h1-16H. The van der Waals surface area contributed by atoms with E-state index in [9.17, 15) is 4.79 Å². The minimum Gasteiger partial charge on any atom is -0.422 e. The first kappa shape index (κ1) is 19.5. The second-order valence-corrected chi connectivity index (χ2v) is 8.36. The fourth-order valence-corrected chi connectivity index (χ4v) is 4.82. The number of para-hydroxylation sites is 1. The number of nitrogens with zero attached hydrogens (tertiary/aromatic N) is 1. The third kappa shape index (κ3) is 3.83. The molecule has 0 unspecified atom stereocenters. The monoisotopic (exact) mass is 441 g/mol. The Bertz CT molecular complexity index is 1450. The molecule has 5 heteroatoms. The second-order valence-electron chi connectivity index (χ2n) is 6.93. The normalized spacial score (nSPS) is 11.4. The molecule has 150 valence electrons. The first-order chi connectivity index (χ1) is 15.2. The van der Waals surface area contributed by atoms with E-state index in [1.807, 2.05) is 72.8 Å². The molecule has 0 aliphatic rings. The average molecular weight is 442 g/mol. The van der Waals surface area contributed by atoms with E-state index in [1.165, 1.54) is 11.3 Å². The molecule has 0 saturated heterocycles. The number of fused-ring (bicyclic) bond motifs is 2. The number of carbonyl (C=O) groups excluding carboxylic acids is 1. The van der Waals surface area contributed by atoms with Crippen molar-refractivity contribution >= 4 is 61.7 Å². The van der Waals surface area contributed by atoms with Crippen LogP contribution in [-0.2, 0) is 0 Å². The van der Waals surface area contributed by atoms with E-state index in [-0.39, 0.29) is 0 Å². The number of hydrogen-bond acceptors (Lipinski definition) is 4. The fourth-order valence-electron chi connectivity index (χ4n) is 3.43. The first-order valence-corrected chi connectivity index (χ1v) is 10.9. The van der Waals surface area contributed by atoms with Gasteiger partial charge in [-0.15, -0.1) is 11.3 Å². The summed E-state index contributed by atoms with van der Waals surface area (Å²) in [6, 6.07) is 29.1. The maximum atomic E-state index is 12.9. The van der Waals surface area contributed by atoms with Crippen LogP contribution in [0.2, 0.25) is 5.02 Å². The predicted molar refractivity (Wildman–Crippen MR) is 129 cm³/mol. The number of thiophene rings is 1. The molecule has 31 heavy (non-hydrogen) atoms. The SMILES string of the molecule is O=C(Oc1ccccc1C=Nc1cccc2ccccc12)c1sc2ccccc2c1Cl. The smallest absolute Gasteiger partial charge is 0.355 e. The number of esters is 1. The van der Waals surface area contributed by atoms with Crippen LogP contribution in [0.5, 0.6) is 5.75 Å². The van der Waals surface area contributed by atoms with E-state index < -0.39 is 5.97 Å². The lowest BCUT2D eigenvalue weighted by Gasteiger charge is -2.07. The summed E-state index contributed by atoms with van der Waals surface area (Å²) in [5.74, 6) is -0.0396. The molecule has 0 aliphatic carbocycles. The Hall–Kier alpha value is -3.47. The highest BCUT2D eigenvalue weighted by molar-refractivity contribution is 7.21. The summed E-state index contributed by atoms with van der Waals surface area (Å²) < 4.78 is 6.66. The fraction of sp³-hybridized carbons (Fsp3) is 0. The maximum Gasteiger partial charge on any atom is 0.355 e. The van der Waals surface area contributed by atoms with Crippen LogP contribution in [0.4, 0.5) is 5.69 Å². The molecule has 0 saturated carbocycles. The zero-order valence-electron chi connectivity index (χ0n) is 16.3. The number of carbonyl (C=O) groups is 1. The highest BCUT2D eigenvalue weighted by Crippen LogP contribution is 2.36. The van der Waals surface area contributed by atoms with E-state index in [4.69, 9.17) is 16.3 Å². The van der Waals surface area contributed by atoms with Gasteiger partial charge in [-0.2, -0.15) is 0 Å². The van der Waals surface area contributed by atoms with Gasteiger partial charge in [0, 0.05) is 27.3 Å². The Balaban J connectivity index is 1.46. The molecule has 4 aromatic carbocycles. The lowest BCUT2D eigenvalue weighted by molar-refractivity contribution is 0.0740. The van der Waals surface area contributed by atoms with Gasteiger partial charge in [0.2, 0.25) is 0 Å². The van der Waals surface area contributed by atoms with Crippen molar-refractivity contribution in [1.29, 1.82) is 0 Å². The zero-order valence-corrected chi connectivity index (χ0v) is 17.9. The van der Waals surface area contributed by atoms with Crippen molar-refractivity contribution < 1.29 is 9.53 Å². The third-order valence-corrected chi connectivity index (χ3v) is 6.61. The number of rotatable bonds is 4. The Labute approximate surface area is 188 Å². The van der Waals surface area contributed by atoms with Crippen LogP contribution in [0.15, 0.2) is 96.0 Å². The van der Waals surface area contributed by atoms with Crippen LogP contribution in [0.25, 0.3) is 20.9 Å². The molecule has 0 spiro atoms. The molecule has 0 fully saturated rings. The van der Waals surface area contributed by atoms with E-state index in [0.717, 1.165) is 26.5 Å². The molecule has 3 nitrogen and oxygen atoms in total. The summed E-state index contributed by atoms with van der Waals surface area (Å²) in [4.78, 5) is 17.9. The van der Waals surface area contributed by atoms with E-state index in [0.29, 0.717) is 21.2 Å². The molecule has 0 atom stereocenters. The van der Waals surface area contributed by atoms with Gasteiger partial charge in [0.25, 0.3) is 0 Å². The molecule has 1 heterocycles. The van der Waals surface area contributed by atoms with E-state index >= 15 is 0 Å². The van der Waals surface area contributed by atoms with Gasteiger partial charge in [-0.1, -0.05) is 78.3 Å². The van der Waals surface area contributed by atoms with Crippen molar-refractivity contribution in [3.63, 3.8) is 0 Å². The summed E-state index contributed by atoms with van der Waals surface area (Å²) >= 11 is 7.77. The summed E-state index contributed by atoms with van der Waals surface area (Å²) in [7, 11) is 0. The maximum absolute atomic E-state index is 12.9. The largest absolute Gasteiger partial charge is 0.422 e. The van der Waals surface area contributed by atoms with E-state index in [2.05, 4.69) is 17.1 Å². The molecule has 5 aromatic rings. The van der Waals surface area contributed by atoms with Crippen LogP contribution >= 0.6 is 22.9 Å². The van der Waals surface area contributed by atoms with Crippen molar-refractivity contribution in [2.75, 3.05) is 0 Å². The zero-order chi connectivity index (χ0) is 21.2. The number of halogens is 1. The molecule has 1 aromatic heterocycles. The van der Waals surface area contributed by atoms with Gasteiger partial charge < -0.3 is 4.74 Å². The number of aliphatic imine (C=N–C) groups is 1. The quantitative estimate of drug-likeness (QED) is 0.163. The Morgan fingerprint density at radius 1 is 0.839 bits per heavy atom. The van der Waals surface area contributed by atoms with Crippen LogP contribution in [0.1, 0.15) is 15.2 Å². The van der Waals surface area contributed by atoms with Crippen LogP contribution in [0.3, 0.4) is 0 Å². The number of benzene rings is 4. The van der Waals surface area contributed by atoms with Gasteiger partial charge in [-0.05, 0) is 29.7 Å². The first-order valence-electron chi connectivity index (χ1n) is 9.71. The number of ether oxygens (including phenoxy) is 1. The molecule has 0 radical (unpaired) electrons. The van der Waals surface area contributed by atoms with Crippen LogP contribution in [0, 0.1) is 0 Å². The summed E-state index contributed by atoms with van der Waals surface area (Å²) in [6.07, 6.45) is 1.72. The molecule has 0 amide bonds. The van der Waals surface area contributed by atoms with Gasteiger partial charge in [-0.25, -0.2) is 4.79 Å². The highest BCUT2D eigenvalue weighted by atomic mass is 35.5. The van der Waals surface area contributed by atoms with Gasteiger partial charge in [0.1, 0.15) is 10.6 Å². The van der Waals surface area contributed by atoms with Gasteiger partial charge in [0.15, 0.2) is 0 Å².